The van der Waals surface area contributed by atoms with Crippen LogP contribution in [-0.2, 0) is 25.0 Å². The third-order valence-electron chi connectivity index (χ3n) is 3.40. The summed E-state index contributed by atoms with van der Waals surface area (Å²) >= 11 is 6.11. The number of aryl methyl sites for hydroxylation is 2. The highest BCUT2D eigenvalue weighted by molar-refractivity contribution is 6.33. The van der Waals surface area contributed by atoms with Crippen molar-refractivity contribution in [1.29, 1.82) is 0 Å². The van der Waals surface area contributed by atoms with Crippen LogP contribution in [0, 0.1) is 6.92 Å². The van der Waals surface area contributed by atoms with Crippen molar-refractivity contribution in [2.24, 2.45) is 7.05 Å². The van der Waals surface area contributed by atoms with E-state index in [1.165, 1.54) is 4.68 Å². The van der Waals surface area contributed by atoms with E-state index in [2.05, 4.69) is 10.4 Å². The van der Waals surface area contributed by atoms with Gasteiger partial charge in [-0.3, -0.25) is 9.48 Å². The molecule has 0 unspecified atom stereocenters. The topological polar surface area (TPSA) is 56.2 Å². The van der Waals surface area contributed by atoms with Gasteiger partial charge in [0.15, 0.2) is 0 Å². The number of amides is 1. The molecule has 2 heterocycles. The molecule has 5 nitrogen and oxygen atoms in total. The van der Waals surface area contributed by atoms with E-state index in [0.29, 0.717) is 29.6 Å². The van der Waals surface area contributed by atoms with Crippen molar-refractivity contribution in [1.82, 2.24) is 9.78 Å². The normalized spacial score (nSPS) is 13.3. The second-order valence-corrected chi connectivity index (χ2v) is 5.12. The number of anilines is 1. The molecule has 1 aliphatic heterocycles. The molecule has 0 spiro atoms. The SMILES string of the molecule is Cc1nn(C)c(Cl)c1C(=O)Nc1cccc2c1COC2. The lowest BCUT2D eigenvalue weighted by atomic mass is 10.1. The largest absolute Gasteiger partial charge is 0.372 e. The first-order chi connectivity index (χ1) is 9.58. The minimum atomic E-state index is -0.249. The minimum Gasteiger partial charge on any atom is -0.372 e. The van der Waals surface area contributed by atoms with Gasteiger partial charge in [-0.25, -0.2) is 0 Å². The summed E-state index contributed by atoms with van der Waals surface area (Å²) in [5, 5.41) is 7.38. The Morgan fingerprint density at radius 3 is 2.95 bits per heavy atom. The molecule has 3 rings (SSSR count). The van der Waals surface area contributed by atoms with Crippen molar-refractivity contribution in [3.63, 3.8) is 0 Å². The Morgan fingerprint density at radius 1 is 1.45 bits per heavy atom. The average Bonchev–Trinajstić information content (AvgIpc) is 2.96. The zero-order chi connectivity index (χ0) is 14.3. The van der Waals surface area contributed by atoms with Gasteiger partial charge in [-0.15, -0.1) is 0 Å². The van der Waals surface area contributed by atoms with Crippen LogP contribution in [-0.4, -0.2) is 15.7 Å². The first-order valence-electron chi connectivity index (χ1n) is 6.27. The number of carbonyl (C=O) groups excluding carboxylic acids is 1. The fourth-order valence-electron chi connectivity index (χ4n) is 2.39. The van der Waals surface area contributed by atoms with Gasteiger partial charge in [0.25, 0.3) is 5.91 Å². The van der Waals surface area contributed by atoms with Gasteiger partial charge in [0.1, 0.15) is 5.15 Å². The Bertz CT molecular complexity index is 694. The van der Waals surface area contributed by atoms with Crippen LogP contribution in [0.2, 0.25) is 5.15 Å². The van der Waals surface area contributed by atoms with Gasteiger partial charge in [0, 0.05) is 18.3 Å². The molecule has 1 N–H and O–H groups in total. The van der Waals surface area contributed by atoms with E-state index in [0.717, 1.165) is 16.8 Å². The summed E-state index contributed by atoms with van der Waals surface area (Å²) in [4.78, 5) is 12.4. The minimum absolute atomic E-state index is 0.249. The summed E-state index contributed by atoms with van der Waals surface area (Å²) in [5.41, 5.74) is 3.92. The monoisotopic (exact) mass is 291 g/mol. The van der Waals surface area contributed by atoms with Gasteiger partial charge in [-0.05, 0) is 18.6 Å². The summed E-state index contributed by atoms with van der Waals surface area (Å²) in [6.45, 7) is 2.87. The van der Waals surface area contributed by atoms with Gasteiger partial charge in [-0.2, -0.15) is 5.10 Å². The fraction of sp³-hybridized carbons (Fsp3) is 0.286. The van der Waals surface area contributed by atoms with Crippen LogP contribution in [0.3, 0.4) is 0 Å². The predicted molar refractivity (Wildman–Crippen MR) is 75.8 cm³/mol. The van der Waals surface area contributed by atoms with E-state index < -0.39 is 0 Å². The van der Waals surface area contributed by atoms with E-state index in [1.807, 2.05) is 18.2 Å². The van der Waals surface area contributed by atoms with Crippen LogP contribution in [0.5, 0.6) is 0 Å². The third kappa shape index (κ3) is 2.09. The highest BCUT2D eigenvalue weighted by Gasteiger charge is 2.21. The summed E-state index contributed by atoms with van der Waals surface area (Å²) in [6.07, 6.45) is 0. The number of fused-ring (bicyclic) bond motifs is 1. The van der Waals surface area contributed by atoms with Crippen molar-refractivity contribution in [3.8, 4) is 0 Å². The molecule has 0 fully saturated rings. The molecule has 1 aliphatic rings. The van der Waals surface area contributed by atoms with E-state index in [4.69, 9.17) is 16.3 Å². The highest BCUT2D eigenvalue weighted by atomic mass is 35.5. The molecule has 0 saturated heterocycles. The molecule has 1 aromatic heterocycles. The number of hydrogen-bond acceptors (Lipinski definition) is 3. The molecule has 6 heteroatoms. The molecule has 0 bridgehead atoms. The lowest BCUT2D eigenvalue weighted by Crippen LogP contribution is -2.14. The third-order valence-corrected chi connectivity index (χ3v) is 3.84. The van der Waals surface area contributed by atoms with Gasteiger partial charge in [0.05, 0.1) is 24.5 Å². The zero-order valence-electron chi connectivity index (χ0n) is 11.2. The number of halogens is 1. The van der Waals surface area contributed by atoms with E-state index >= 15 is 0 Å². The number of nitrogens with zero attached hydrogens (tertiary/aromatic N) is 2. The predicted octanol–water partition coefficient (Wildman–Crippen LogP) is 2.66. The molecule has 0 saturated carbocycles. The standard InChI is InChI=1S/C14H14ClN3O2/c1-8-12(13(15)18(2)17-8)14(19)16-11-5-3-4-9-6-20-7-10(9)11/h3-5H,6-7H2,1-2H3,(H,16,19). The number of aromatic nitrogens is 2. The van der Waals surface area contributed by atoms with Crippen LogP contribution >= 0.6 is 11.6 Å². The first kappa shape index (κ1) is 13.1. The number of hydrogen-bond donors (Lipinski definition) is 1. The maximum atomic E-state index is 12.4. The van der Waals surface area contributed by atoms with Gasteiger partial charge in [-0.1, -0.05) is 23.7 Å². The van der Waals surface area contributed by atoms with Gasteiger partial charge < -0.3 is 10.1 Å². The average molecular weight is 292 g/mol. The number of rotatable bonds is 2. The van der Waals surface area contributed by atoms with Crippen molar-refractivity contribution in [3.05, 3.63) is 45.7 Å². The number of ether oxygens (including phenoxy) is 1. The number of benzene rings is 1. The van der Waals surface area contributed by atoms with Crippen molar-refractivity contribution >= 4 is 23.2 Å². The lowest BCUT2D eigenvalue weighted by Gasteiger charge is -2.09. The van der Waals surface area contributed by atoms with Crippen molar-refractivity contribution in [2.75, 3.05) is 5.32 Å². The van der Waals surface area contributed by atoms with E-state index in [9.17, 15) is 4.79 Å². The lowest BCUT2D eigenvalue weighted by molar-refractivity contribution is 0.102. The Balaban J connectivity index is 1.92. The van der Waals surface area contributed by atoms with E-state index in [1.54, 1.807) is 14.0 Å². The summed E-state index contributed by atoms with van der Waals surface area (Å²) in [7, 11) is 1.71. The summed E-state index contributed by atoms with van der Waals surface area (Å²) < 4.78 is 6.89. The maximum absolute atomic E-state index is 12.4. The molecule has 0 radical (unpaired) electrons. The molecular weight excluding hydrogens is 278 g/mol. The highest BCUT2D eigenvalue weighted by Crippen LogP contribution is 2.28. The van der Waals surface area contributed by atoms with Crippen LogP contribution in [0.4, 0.5) is 5.69 Å². The molecule has 2 aromatic rings. The molecule has 0 atom stereocenters. The van der Waals surface area contributed by atoms with Crippen molar-refractivity contribution < 1.29 is 9.53 Å². The number of carbonyl (C=O) groups is 1. The van der Waals surface area contributed by atoms with Crippen LogP contribution in [0.15, 0.2) is 18.2 Å². The van der Waals surface area contributed by atoms with Gasteiger partial charge >= 0.3 is 0 Å². The molecule has 104 valence electrons. The quantitative estimate of drug-likeness (QED) is 0.925. The molecular formula is C14H14ClN3O2. The first-order valence-corrected chi connectivity index (χ1v) is 6.64. The molecule has 1 aromatic carbocycles. The zero-order valence-corrected chi connectivity index (χ0v) is 12.0. The van der Waals surface area contributed by atoms with Gasteiger partial charge in [0.2, 0.25) is 0 Å². The van der Waals surface area contributed by atoms with Crippen molar-refractivity contribution in [2.45, 2.75) is 20.1 Å². The Morgan fingerprint density at radius 2 is 2.25 bits per heavy atom. The second kappa shape index (κ2) is 4.92. The van der Waals surface area contributed by atoms with E-state index in [-0.39, 0.29) is 5.91 Å². The summed E-state index contributed by atoms with van der Waals surface area (Å²) in [6, 6.07) is 5.77. The van der Waals surface area contributed by atoms with Crippen LogP contribution < -0.4 is 5.32 Å². The number of nitrogens with one attached hydrogen (secondary N) is 1. The molecule has 20 heavy (non-hydrogen) atoms. The van der Waals surface area contributed by atoms with Crippen LogP contribution in [0.25, 0.3) is 0 Å². The Kier molecular flexibility index (Phi) is 3.23. The Hall–Kier alpha value is -1.85. The maximum Gasteiger partial charge on any atom is 0.260 e. The molecule has 1 amide bonds. The Labute approximate surface area is 121 Å². The molecule has 0 aliphatic carbocycles. The smallest absolute Gasteiger partial charge is 0.260 e. The van der Waals surface area contributed by atoms with Crippen LogP contribution in [0.1, 0.15) is 27.2 Å². The summed E-state index contributed by atoms with van der Waals surface area (Å²) in [5.74, 6) is -0.249. The fourth-order valence-corrected chi connectivity index (χ4v) is 2.65. The second-order valence-electron chi connectivity index (χ2n) is 4.77.